The van der Waals surface area contributed by atoms with Gasteiger partial charge in [0.1, 0.15) is 10.7 Å². The smallest absolute Gasteiger partial charge is 0.277 e. The molecule has 94 valence electrons. The first-order valence-electron chi connectivity index (χ1n) is 5.48. The van der Waals surface area contributed by atoms with Crippen LogP contribution in [0.5, 0.6) is 0 Å². The average molecular weight is 262 g/mol. The van der Waals surface area contributed by atoms with Crippen molar-refractivity contribution in [3.63, 3.8) is 0 Å². The van der Waals surface area contributed by atoms with Gasteiger partial charge in [-0.1, -0.05) is 0 Å². The van der Waals surface area contributed by atoms with E-state index in [0.29, 0.717) is 5.69 Å². The molecule has 1 unspecified atom stereocenters. The summed E-state index contributed by atoms with van der Waals surface area (Å²) in [5, 5.41) is 2.49. The van der Waals surface area contributed by atoms with Crippen molar-refractivity contribution in [3.8, 4) is 0 Å². The van der Waals surface area contributed by atoms with Crippen molar-refractivity contribution in [2.75, 3.05) is 11.9 Å². The fraction of sp³-hybridized carbons (Fsp3) is 0.250. The van der Waals surface area contributed by atoms with Crippen LogP contribution in [0, 0.1) is 0 Å². The first kappa shape index (κ1) is 12.7. The predicted molar refractivity (Wildman–Crippen MR) is 71.7 cm³/mol. The van der Waals surface area contributed by atoms with E-state index in [2.05, 4.69) is 9.97 Å². The Morgan fingerprint density at radius 3 is 2.89 bits per heavy atom. The maximum absolute atomic E-state index is 12.2. The lowest BCUT2D eigenvalue weighted by atomic mass is 10.3. The van der Waals surface area contributed by atoms with Gasteiger partial charge in [-0.15, -0.1) is 11.3 Å². The zero-order chi connectivity index (χ0) is 13.1. The van der Waals surface area contributed by atoms with Crippen molar-refractivity contribution in [2.45, 2.75) is 13.0 Å². The van der Waals surface area contributed by atoms with Crippen LogP contribution >= 0.6 is 11.3 Å². The molecule has 0 aromatic carbocycles. The van der Waals surface area contributed by atoms with Crippen LogP contribution in [0.3, 0.4) is 0 Å². The van der Waals surface area contributed by atoms with E-state index < -0.39 is 0 Å². The van der Waals surface area contributed by atoms with Gasteiger partial charge in [-0.25, -0.2) is 4.98 Å². The molecule has 18 heavy (non-hydrogen) atoms. The van der Waals surface area contributed by atoms with Crippen LogP contribution in [0.4, 0.5) is 5.69 Å². The topological polar surface area (TPSA) is 72.1 Å². The number of carbonyl (C=O) groups excluding carboxylic acids is 1. The van der Waals surface area contributed by atoms with Gasteiger partial charge in [0.15, 0.2) is 0 Å². The van der Waals surface area contributed by atoms with Gasteiger partial charge in [0.2, 0.25) is 0 Å². The number of pyridine rings is 1. The zero-order valence-corrected chi connectivity index (χ0v) is 11.0. The number of anilines is 1. The number of carbonyl (C=O) groups is 1. The van der Waals surface area contributed by atoms with Gasteiger partial charge in [-0.3, -0.25) is 9.78 Å². The standard InChI is InChI=1S/C12H14N4OS/c1-8(13)11-15-10(7-18-11)12(17)16(2)9-4-3-5-14-6-9/h3-8H,13H2,1-2H3. The highest BCUT2D eigenvalue weighted by Crippen LogP contribution is 2.19. The van der Waals surface area contributed by atoms with E-state index in [1.54, 1.807) is 30.9 Å². The summed E-state index contributed by atoms with van der Waals surface area (Å²) >= 11 is 1.40. The fourth-order valence-electron chi connectivity index (χ4n) is 1.44. The van der Waals surface area contributed by atoms with Crippen molar-refractivity contribution < 1.29 is 4.79 Å². The van der Waals surface area contributed by atoms with Gasteiger partial charge < -0.3 is 10.6 Å². The number of rotatable bonds is 3. The molecule has 1 amide bonds. The number of aromatic nitrogens is 2. The third-order valence-corrected chi connectivity index (χ3v) is 3.51. The third kappa shape index (κ3) is 2.55. The van der Waals surface area contributed by atoms with E-state index in [-0.39, 0.29) is 11.9 Å². The molecule has 0 radical (unpaired) electrons. The predicted octanol–water partition coefficient (Wildman–Crippen LogP) is 1.83. The van der Waals surface area contributed by atoms with Crippen LogP contribution in [0.15, 0.2) is 29.9 Å². The van der Waals surface area contributed by atoms with Gasteiger partial charge in [0.25, 0.3) is 5.91 Å². The fourth-order valence-corrected chi connectivity index (χ4v) is 2.19. The minimum atomic E-state index is -0.161. The van der Waals surface area contributed by atoms with Crippen LogP contribution in [0.25, 0.3) is 0 Å². The quantitative estimate of drug-likeness (QED) is 0.916. The summed E-state index contributed by atoms with van der Waals surface area (Å²) in [6.45, 7) is 1.85. The maximum atomic E-state index is 12.2. The molecule has 5 nitrogen and oxygen atoms in total. The minimum Gasteiger partial charge on any atom is -0.322 e. The van der Waals surface area contributed by atoms with E-state index >= 15 is 0 Å². The normalized spacial score (nSPS) is 12.2. The van der Waals surface area contributed by atoms with E-state index in [1.165, 1.54) is 16.2 Å². The van der Waals surface area contributed by atoms with Crippen molar-refractivity contribution >= 4 is 22.9 Å². The summed E-state index contributed by atoms with van der Waals surface area (Å²) < 4.78 is 0. The van der Waals surface area contributed by atoms with E-state index in [1.807, 2.05) is 13.0 Å². The molecule has 2 aromatic rings. The Hall–Kier alpha value is -1.79. The highest BCUT2D eigenvalue weighted by molar-refractivity contribution is 7.09. The average Bonchev–Trinajstić information content (AvgIpc) is 2.88. The third-order valence-electron chi connectivity index (χ3n) is 2.47. The van der Waals surface area contributed by atoms with Crippen LogP contribution in [0.2, 0.25) is 0 Å². The number of nitrogens with zero attached hydrogens (tertiary/aromatic N) is 3. The van der Waals surface area contributed by atoms with Crippen molar-refractivity contribution in [3.05, 3.63) is 40.6 Å². The first-order valence-corrected chi connectivity index (χ1v) is 6.36. The Kier molecular flexibility index (Phi) is 3.69. The first-order chi connectivity index (χ1) is 8.59. The monoisotopic (exact) mass is 262 g/mol. The molecule has 1 atom stereocenters. The lowest BCUT2D eigenvalue weighted by Gasteiger charge is -2.15. The van der Waals surface area contributed by atoms with Crippen LogP contribution < -0.4 is 10.6 Å². The molecule has 0 saturated carbocycles. The number of hydrogen-bond acceptors (Lipinski definition) is 5. The minimum absolute atomic E-state index is 0.153. The lowest BCUT2D eigenvalue weighted by Crippen LogP contribution is -2.26. The van der Waals surface area contributed by atoms with Crippen LogP contribution in [-0.2, 0) is 0 Å². The Morgan fingerprint density at radius 2 is 2.33 bits per heavy atom. The zero-order valence-electron chi connectivity index (χ0n) is 10.2. The molecule has 0 aliphatic carbocycles. The summed E-state index contributed by atoms with van der Waals surface area (Å²) in [5.41, 5.74) is 6.88. The molecule has 0 saturated heterocycles. The molecule has 0 aliphatic rings. The van der Waals surface area contributed by atoms with Crippen molar-refractivity contribution in [2.24, 2.45) is 5.73 Å². The molecular weight excluding hydrogens is 248 g/mol. The molecule has 0 spiro atoms. The molecule has 0 fully saturated rings. The summed E-state index contributed by atoms with van der Waals surface area (Å²) in [6.07, 6.45) is 3.30. The van der Waals surface area contributed by atoms with Crippen LogP contribution in [0.1, 0.15) is 28.5 Å². The molecule has 6 heteroatoms. The largest absolute Gasteiger partial charge is 0.322 e. The summed E-state index contributed by atoms with van der Waals surface area (Å²) in [4.78, 5) is 21.9. The highest BCUT2D eigenvalue weighted by Gasteiger charge is 2.17. The van der Waals surface area contributed by atoms with E-state index in [4.69, 9.17) is 5.73 Å². The molecule has 2 heterocycles. The second-order valence-corrected chi connectivity index (χ2v) is 4.82. The van der Waals surface area contributed by atoms with Crippen molar-refractivity contribution in [1.29, 1.82) is 0 Å². The Balaban J connectivity index is 2.20. The van der Waals surface area contributed by atoms with Gasteiger partial charge in [-0.2, -0.15) is 0 Å². The summed E-state index contributed by atoms with van der Waals surface area (Å²) in [5.74, 6) is -0.161. The van der Waals surface area contributed by atoms with E-state index in [0.717, 1.165) is 10.7 Å². The van der Waals surface area contributed by atoms with Crippen LogP contribution in [-0.4, -0.2) is 22.9 Å². The van der Waals surface area contributed by atoms with Gasteiger partial charge in [-0.05, 0) is 19.1 Å². The van der Waals surface area contributed by atoms with Gasteiger partial charge in [0.05, 0.1) is 17.9 Å². The SMILES string of the molecule is CC(N)c1nc(C(=O)N(C)c2cccnc2)cs1. The van der Waals surface area contributed by atoms with Gasteiger partial charge in [0, 0.05) is 18.6 Å². The number of hydrogen-bond donors (Lipinski definition) is 1. The number of amides is 1. The Bertz CT molecular complexity index is 538. The lowest BCUT2D eigenvalue weighted by molar-refractivity contribution is 0.0988. The Morgan fingerprint density at radius 1 is 1.56 bits per heavy atom. The van der Waals surface area contributed by atoms with E-state index in [9.17, 15) is 4.79 Å². The summed E-state index contributed by atoms with van der Waals surface area (Å²) in [7, 11) is 1.70. The second kappa shape index (κ2) is 5.24. The number of nitrogens with two attached hydrogens (primary N) is 1. The van der Waals surface area contributed by atoms with Gasteiger partial charge >= 0.3 is 0 Å². The molecule has 2 rings (SSSR count). The highest BCUT2D eigenvalue weighted by atomic mass is 32.1. The molecule has 0 bridgehead atoms. The van der Waals surface area contributed by atoms with Crippen molar-refractivity contribution in [1.82, 2.24) is 9.97 Å². The second-order valence-electron chi connectivity index (χ2n) is 3.94. The molecule has 2 N–H and O–H groups in total. The molecular formula is C12H14N4OS. The maximum Gasteiger partial charge on any atom is 0.277 e. The number of thiazole rings is 1. The molecule has 2 aromatic heterocycles. The summed E-state index contributed by atoms with van der Waals surface area (Å²) in [6, 6.07) is 3.46. The Labute approximate surface area is 109 Å². The molecule has 0 aliphatic heterocycles.